The molecule has 0 aliphatic carbocycles. The maximum absolute atomic E-state index is 13.0. The van der Waals surface area contributed by atoms with E-state index in [9.17, 15) is 14.0 Å². The summed E-state index contributed by atoms with van der Waals surface area (Å²) in [6.45, 7) is 1.79. The number of carbonyl (C=O) groups excluding carboxylic acids is 2. The Morgan fingerprint density at radius 3 is 1.86 bits per heavy atom. The van der Waals surface area contributed by atoms with Gasteiger partial charge >= 0.3 is 0 Å². The van der Waals surface area contributed by atoms with E-state index in [-0.39, 0.29) is 24.4 Å². The molecule has 5 heteroatoms. The first-order valence-corrected chi connectivity index (χ1v) is 9.47. The third-order valence-corrected chi connectivity index (χ3v) is 4.72. The summed E-state index contributed by atoms with van der Waals surface area (Å²) < 4.78 is 13.0. The molecule has 148 valence electrons. The lowest BCUT2D eigenvalue weighted by atomic mass is 9.86. The topological polar surface area (TPSA) is 58.2 Å². The van der Waals surface area contributed by atoms with Crippen LogP contribution in [0.15, 0.2) is 84.9 Å². The van der Waals surface area contributed by atoms with Crippen molar-refractivity contribution < 1.29 is 14.0 Å². The Bertz CT molecular complexity index is 904. The predicted octanol–water partition coefficient (Wildman–Crippen LogP) is 3.89. The van der Waals surface area contributed by atoms with Crippen molar-refractivity contribution >= 4 is 11.8 Å². The first-order chi connectivity index (χ1) is 14.0. The van der Waals surface area contributed by atoms with Crippen LogP contribution in [0.3, 0.4) is 0 Å². The highest BCUT2D eigenvalue weighted by Crippen LogP contribution is 2.27. The van der Waals surface area contributed by atoms with E-state index in [4.69, 9.17) is 0 Å². The van der Waals surface area contributed by atoms with E-state index in [1.807, 2.05) is 67.6 Å². The summed E-state index contributed by atoms with van der Waals surface area (Å²) in [6, 6.07) is 25.0. The number of carbonyl (C=O) groups is 2. The van der Waals surface area contributed by atoms with Crippen LogP contribution in [-0.2, 0) is 4.79 Å². The van der Waals surface area contributed by atoms with Gasteiger partial charge in [0.1, 0.15) is 5.82 Å². The molecule has 0 spiro atoms. The number of halogens is 1. The third-order valence-electron chi connectivity index (χ3n) is 4.72. The Labute approximate surface area is 169 Å². The second kappa shape index (κ2) is 9.64. The van der Waals surface area contributed by atoms with Gasteiger partial charge in [-0.05, 0) is 42.3 Å². The zero-order valence-corrected chi connectivity index (χ0v) is 16.1. The van der Waals surface area contributed by atoms with Crippen LogP contribution < -0.4 is 10.6 Å². The summed E-state index contributed by atoms with van der Waals surface area (Å²) in [5.74, 6) is -1.14. The molecule has 0 aliphatic heterocycles. The number of amides is 2. The van der Waals surface area contributed by atoms with E-state index >= 15 is 0 Å². The lowest BCUT2D eigenvalue weighted by Gasteiger charge is -2.26. The SMILES string of the molecule is CC(NC(=O)CNC(=O)c1ccc(F)cc1)C(c1ccccc1)c1ccccc1. The highest BCUT2D eigenvalue weighted by atomic mass is 19.1. The van der Waals surface area contributed by atoms with Crippen LogP contribution in [0.5, 0.6) is 0 Å². The molecule has 2 N–H and O–H groups in total. The van der Waals surface area contributed by atoms with Gasteiger partial charge in [0.25, 0.3) is 5.91 Å². The lowest BCUT2D eigenvalue weighted by molar-refractivity contribution is -0.120. The van der Waals surface area contributed by atoms with Crippen LogP contribution in [0.25, 0.3) is 0 Å². The van der Waals surface area contributed by atoms with Crippen LogP contribution in [0, 0.1) is 5.82 Å². The molecule has 3 rings (SSSR count). The summed E-state index contributed by atoms with van der Waals surface area (Å²) in [6.07, 6.45) is 0. The minimum atomic E-state index is -0.421. The molecule has 4 nitrogen and oxygen atoms in total. The van der Waals surface area contributed by atoms with Gasteiger partial charge in [0.05, 0.1) is 6.54 Å². The fraction of sp³-hybridized carbons (Fsp3) is 0.167. The first-order valence-electron chi connectivity index (χ1n) is 9.47. The number of hydrogen-bond acceptors (Lipinski definition) is 2. The van der Waals surface area contributed by atoms with Gasteiger partial charge in [-0.3, -0.25) is 9.59 Å². The zero-order valence-electron chi connectivity index (χ0n) is 16.1. The van der Waals surface area contributed by atoms with Crippen LogP contribution in [0.4, 0.5) is 4.39 Å². The normalized spacial score (nSPS) is 11.7. The van der Waals surface area contributed by atoms with Gasteiger partial charge in [0.15, 0.2) is 0 Å². The molecule has 0 saturated carbocycles. The summed E-state index contributed by atoms with van der Waals surface area (Å²) in [5.41, 5.74) is 2.50. The van der Waals surface area contributed by atoms with Gasteiger partial charge < -0.3 is 10.6 Å². The number of nitrogens with one attached hydrogen (secondary N) is 2. The molecule has 0 aliphatic rings. The number of rotatable bonds is 7. The standard InChI is InChI=1S/C24H23FN2O2/c1-17(23(18-8-4-2-5-9-18)19-10-6-3-7-11-19)27-22(28)16-26-24(29)20-12-14-21(25)15-13-20/h2-15,17,23H,16H2,1H3,(H,26,29)(H,27,28). The molecule has 0 fully saturated rings. The highest BCUT2D eigenvalue weighted by molar-refractivity contribution is 5.96. The Hall–Kier alpha value is -3.47. The molecule has 1 atom stereocenters. The average Bonchev–Trinajstić information content (AvgIpc) is 2.74. The minimum Gasteiger partial charge on any atom is -0.351 e. The number of hydrogen-bond donors (Lipinski definition) is 2. The van der Waals surface area contributed by atoms with Crippen molar-refractivity contribution in [3.8, 4) is 0 Å². The van der Waals surface area contributed by atoms with Crippen molar-refractivity contribution in [2.75, 3.05) is 6.54 Å². The van der Waals surface area contributed by atoms with Crippen molar-refractivity contribution in [2.45, 2.75) is 18.9 Å². The van der Waals surface area contributed by atoms with Crippen LogP contribution >= 0.6 is 0 Å². The van der Waals surface area contributed by atoms with Gasteiger partial charge in [0.2, 0.25) is 5.91 Å². The van der Waals surface area contributed by atoms with Crippen LogP contribution in [0.2, 0.25) is 0 Å². The Balaban J connectivity index is 1.64. The Morgan fingerprint density at radius 2 is 1.34 bits per heavy atom. The molecule has 1 unspecified atom stereocenters. The van der Waals surface area contributed by atoms with Gasteiger partial charge in [-0.2, -0.15) is 0 Å². The minimum absolute atomic E-state index is 0.0193. The van der Waals surface area contributed by atoms with E-state index in [1.165, 1.54) is 24.3 Å². The van der Waals surface area contributed by atoms with Gasteiger partial charge in [-0.1, -0.05) is 60.7 Å². The van der Waals surface area contributed by atoms with Crippen molar-refractivity contribution in [3.63, 3.8) is 0 Å². The Morgan fingerprint density at radius 1 is 0.828 bits per heavy atom. The summed E-state index contributed by atoms with van der Waals surface area (Å²) >= 11 is 0. The van der Waals surface area contributed by atoms with Crippen LogP contribution in [-0.4, -0.2) is 24.4 Å². The second-order valence-corrected chi connectivity index (χ2v) is 6.84. The fourth-order valence-corrected chi connectivity index (χ4v) is 3.34. The molecular weight excluding hydrogens is 367 g/mol. The summed E-state index contributed by atoms with van der Waals surface area (Å²) in [4.78, 5) is 24.5. The molecule has 2 amide bonds. The first kappa shape index (κ1) is 20.3. The molecule has 0 heterocycles. The maximum Gasteiger partial charge on any atom is 0.251 e. The van der Waals surface area contributed by atoms with E-state index in [2.05, 4.69) is 10.6 Å². The monoisotopic (exact) mass is 390 g/mol. The Kier molecular flexibility index (Phi) is 6.74. The number of benzene rings is 3. The maximum atomic E-state index is 13.0. The van der Waals surface area contributed by atoms with Gasteiger partial charge in [0, 0.05) is 17.5 Å². The van der Waals surface area contributed by atoms with Gasteiger partial charge in [-0.15, -0.1) is 0 Å². The largest absolute Gasteiger partial charge is 0.351 e. The van der Waals surface area contributed by atoms with E-state index < -0.39 is 11.7 Å². The van der Waals surface area contributed by atoms with Crippen molar-refractivity contribution in [2.24, 2.45) is 0 Å². The van der Waals surface area contributed by atoms with Crippen molar-refractivity contribution in [1.29, 1.82) is 0 Å². The molecule has 3 aromatic carbocycles. The van der Waals surface area contributed by atoms with E-state index in [0.717, 1.165) is 11.1 Å². The van der Waals surface area contributed by atoms with Crippen LogP contribution in [0.1, 0.15) is 34.3 Å². The quantitative estimate of drug-likeness (QED) is 0.643. The third kappa shape index (κ3) is 5.51. The highest BCUT2D eigenvalue weighted by Gasteiger charge is 2.23. The molecule has 0 saturated heterocycles. The molecule has 0 bridgehead atoms. The lowest BCUT2D eigenvalue weighted by Crippen LogP contribution is -2.43. The van der Waals surface area contributed by atoms with Crippen molar-refractivity contribution in [1.82, 2.24) is 10.6 Å². The van der Waals surface area contributed by atoms with E-state index in [1.54, 1.807) is 0 Å². The predicted molar refractivity (Wildman–Crippen MR) is 111 cm³/mol. The van der Waals surface area contributed by atoms with Crippen molar-refractivity contribution in [3.05, 3.63) is 107 Å². The van der Waals surface area contributed by atoms with E-state index in [0.29, 0.717) is 5.56 Å². The molecule has 3 aromatic rings. The zero-order chi connectivity index (χ0) is 20.6. The molecular formula is C24H23FN2O2. The molecule has 0 aromatic heterocycles. The molecule has 0 radical (unpaired) electrons. The smallest absolute Gasteiger partial charge is 0.251 e. The average molecular weight is 390 g/mol. The second-order valence-electron chi connectivity index (χ2n) is 6.84. The van der Waals surface area contributed by atoms with Gasteiger partial charge in [-0.25, -0.2) is 4.39 Å². The summed E-state index contributed by atoms with van der Waals surface area (Å²) in [7, 11) is 0. The summed E-state index contributed by atoms with van der Waals surface area (Å²) in [5, 5.41) is 5.55. The molecule has 29 heavy (non-hydrogen) atoms. The fourth-order valence-electron chi connectivity index (χ4n) is 3.34.